The molecule has 1 fully saturated rings. The van der Waals surface area contributed by atoms with Crippen LogP contribution in [-0.4, -0.2) is 79.2 Å². The number of rotatable bonds is 6. The van der Waals surface area contributed by atoms with Crippen molar-refractivity contribution in [3.8, 4) is 0 Å². The smallest absolute Gasteiger partial charge is 0.410 e. The van der Waals surface area contributed by atoms with E-state index in [0.717, 1.165) is 13.0 Å². The number of nitrogens with one attached hydrogen (secondary N) is 2. The Kier molecular flexibility index (Phi) is 8.68. The lowest BCUT2D eigenvalue weighted by atomic mass is 10.2. The fourth-order valence-electron chi connectivity index (χ4n) is 2.73. The van der Waals surface area contributed by atoms with Crippen LogP contribution >= 0.6 is 0 Å². The van der Waals surface area contributed by atoms with Gasteiger partial charge in [-0.15, -0.1) is 0 Å². The Hall–Kier alpha value is -1.99. The zero-order chi connectivity index (χ0) is 19.7. The van der Waals surface area contributed by atoms with Crippen LogP contribution in [-0.2, 0) is 9.53 Å². The maximum Gasteiger partial charge on any atom is 0.410 e. The largest absolute Gasteiger partial charge is 0.444 e. The number of hydrogen-bond acceptors (Lipinski definition) is 4. The number of aliphatic imine (C=N–C) groups is 1. The molecule has 8 nitrogen and oxygen atoms in total. The predicted octanol–water partition coefficient (Wildman–Crippen LogP) is 1.42. The van der Waals surface area contributed by atoms with Gasteiger partial charge in [0.2, 0.25) is 5.91 Å². The van der Waals surface area contributed by atoms with Gasteiger partial charge in [-0.1, -0.05) is 6.92 Å². The van der Waals surface area contributed by atoms with Crippen LogP contribution in [0.25, 0.3) is 0 Å². The molecule has 1 atom stereocenters. The minimum absolute atomic E-state index is 0.188. The quantitative estimate of drug-likeness (QED) is 0.546. The zero-order valence-electron chi connectivity index (χ0n) is 17.1. The topological polar surface area (TPSA) is 86.3 Å². The summed E-state index contributed by atoms with van der Waals surface area (Å²) in [5.74, 6) is 0.870. The van der Waals surface area contributed by atoms with Gasteiger partial charge >= 0.3 is 6.09 Å². The van der Waals surface area contributed by atoms with Gasteiger partial charge in [-0.25, -0.2) is 4.79 Å². The molecule has 1 heterocycles. The summed E-state index contributed by atoms with van der Waals surface area (Å²) in [5, 5.41) is 6.57. The van der Waals surface area contributed by atoms with Gasteiger partial charge in [0.15, 0.2) is 5.96 Å². The first-order chi connectivity index (χ1) is 12.2. The van der Waals surface area contributed by atoms with E-state index in [0.29, 0.717) is 38.6 Å². The highest BCUT2D eigenvalue weighted by Crippen LogP contribution is 2.11. The molecule has 0 aromatic carbocycles. The SMILES string of the molecule is CCC(=O)N1CCC(NC(=NC)NCCN(CC)C(=O)OC(C)(C)C)C1. The van der Waals surface area contributed by atoms with Crippen molar-refractivity contribution in [3.63, 3.8) is 0 Å². The molecule has 2 amide bonds. The molecule has 1 unspecified atom stereocenters. The average molecular weight is 370 g/mol. The molecule has 26 heavy (non-hydrogen) atoms. The van der Waals surface area contributed by atoms with Gasteiger partial charge in [-0.3, -0.25) is 9.79 Å². The number of carbonyl (C=O) groups is 2. The van der Waals surface area contributed by atoms with Crippen molar-refractivity contribution in [2.45, 2.75) is 59.1 Å². The lowest BCUT2D eigenvalue weighted by molar-refractivity contribution is -0.129. The summed E-state index contributed by atoms with van der Waals surface area (Å²) in [6.07, 6.45) is 1.14. The molecule has 1 rings (SSSR count). The summed E-state index contributed by atoms with van der Waals surface area (Å²) in [6.45, 7) is 12.5. The van der Waals surface area contributed by atoms with Gasteiger partial charge < -0.3 is 25.2 Å². The van der Waals surface area contributed by atoms with Crippen molar-refractivity contribution in [1.82, 2.24) is 20.4 Å². The van der Waals surface area contributed by atoms with Crippen molar-refractivity contribution in [2.24, 2.45) is 4.99 Å². The minimum atomic E-state index is -0.500. The number of ether oxygens (including phenoxy) is 1. The monoisotopic (exact) mass is 369 g/mol. The van der Waals surface area contributed by atoms with Crippen LogP contribution in [0.2, 0.25) is 0 Å². The first-order valence-electron chi connectivity index (χ1n) is 9.43. The molecule has 0 spiro atoms. The van der Waals surface area contributed by atoms with E-state index >= 15 is 0 Å². The van der Waals surface area contributed by atoms with E-state index < -0.39 is 5.60 Å². The van der Waals surface area contributed by atoms with E-state index in [4.69, 9.17) is 4.74 Å². The van der Waals surface area contributed by atoms with Crippen molar-refractivity contribution < 1.29 is 14.3 Å². The lowest BCUT2D eigenvalue weighted by Gasteiger charge is -2.27. The van der Waals surface area contributed by atoms with E-state index in [-0.39, 0.29) is 18.0 Å². The molecule has 0 aromatic rings. The van der Waals surface area contributed by atoms with E-state index in [1.54, 1.807) is 11.9 Å². The fourth-order valence-corrected chi connectivity index (χ4v) is 2.73. The van der Waals surface area contributed by atoms with E-state index in [1.165, 1.54) is 0 Å². The number of guanidine groups is 1. The van der Waals surface area contributed by atoms with Gasteiger partial charge in [0.1, 0.15) is 5.60 Å². The number of likely N-dealkylation sites (tertiary alicyclic amines) is 1. The van der Waals surface area contributed by atoms with Crippen LogP contribution in [0.15, 0.2) is 4.99 Å². The van der Waals surface area contributed by atoms with Crippen LogP contribution in [0, 0.1) is 0 Å². The fraction of sp³-hybridized carbons (Fsp3) is 0.833. The molecule has 0 aliphatic carbocycles. The van der Waals surface area contributed by atoms with Gasteiger partial charge in [0, 0.05) is 52.2 Å². The first-order valence-corrected chi connectivity index (χ1v) is 9.43. The Labute approximate surface area is 157 Å². The summed E-state index contributed by atoms with van der Waals surface area (Å²) in [5.41, 5.74) is -0.500. The molecule has 1 aliphatic heterocycles. The summed E-state index contributed by atoms with van der Waals surface area (Å²) in [7, 11) is 1.71. The van der Waals surface area contributed by atoms with Crippen molar-refractivity contribution in [3.05, 3.63) is 0 Å². The van der Waals surface area contributed by atoms with E-state index in [1.807, 2.05) is 39.5 Å². The normalized spacial score (nSPS) is 17.8. The van der Waals surface area contributed by atoms with E-state index in [9.17, 15) is 9.59 Å². The predicted molar refractivity (Wildman–Crippen MR) is 103 cm³/mol. The standard InChI is InChI=1S/C18H35N5O3/c1-7-15(24)23-11-9-14(13-23)21-16(19-6)20-10-12-22(8-2)17(25)26-18(3,4)5/h14H,7-13H2,1-6H3,(H2,19,20,21). The maximum atomic E-state index is 12.1. The number of likely N-dealkylation sites (N-methyl/N-ethyl adjacent to an activating group) is 1. The van der Waals surface area contributed by atoms with Crippen molar-refractivity contribution >= 4 is 18.0 Å². The third-order valence-electron chi connectivity index (χ3n) is 4.12. The molecule has 8 heteroatoms. The molecule has 150 valence electrons. The second kappa shape index (κ2) is 10.2. The number of nitrogens with zero attached hydrogens (tertiary/aromatic N) is 3. The zero-order valence-corrected chi connectivity index (χ0v) is 17.1. The van der Waals surface area contributed by atoms with Crippen LogP contribution < -0.4 is 10.6 Å². The van der Waals surface area contributed by atoms with Gasteiger partial charge in [0.25, 0.3) is 0 Å². The highest BCUT2D eigenvalue weighted by molar-refractivity contribution is 5.80. The van der Waals surface area contributed by atoms with Crippen LogP contribution in [0.1, 0.15) is 47.5 Å². The van der Waals surface area contributed by atoms with E-state index in [2.05, 4.69) is 15.6 Å². The molecular weight excluding hydrogens is 334 g/mol. The summed E-state index contributed by atoms with van der Waals surface area (Å²) in [4.78, 5) is 31.7. The summed E-state index contributed by atoms with van der Waals surface area (Å²) < 4.78 is 5.40. The second-order valence-corrected chi connectivity index (χ2v) is 7.38. The van der Waals surface area contributed by atoms with Crippen LogP contribution in [0.4, 0.5) is 4.79 Å². The highest BCUT2D eigenvalue weighted by atomic mass is 16.6. The molecule has 0 aromatic heterocycles. The maximum absolute atomic E-state index is 12.1. The first kappa shape index (κ1) is 22.1. The summed E-state index contributed by atoms with van der Waals surface area (Å²) in [6, 6.07) is 0.199. The van der Waals surface area contributed by atoms with Gasteiger partial charge in [0.05, 0.1) is 0 Å². The molecule has 2 N–H and O–H groups in total. The number of hydrogen-bond donors (Lipinski definition) is 2. The molecular formula is C18H35N5O3. The Morgan fingerprint density at radius 3 is 2.54 bits per heavy atom. The number of amides is 2. The Morgan fingerprint density at radius 2 is 2.00 bits per heavy atom. The highest BCUT2D eigenvalue weighted by Gasteiger charge is 2.26. The van der Waals surface area contributed by atoms with Crippen LogP contribution in [0.5, 0.6) is 0 Å². The third kappa shape index (κ3) is 7.49. The minimum Gasteiger partial charge on any atom is -0.444 e. The Morgan fingerprint density at radius 1 is 1.31 bits per heavy atom. The molecule has 0 saturated carbocycles. The van der Waals surface area contributed by atoms with Gasteiger partial charge in [-0.05, 0) is 34.1 Å². The van der Waals surface area contributed by atoms with Crippen LogP contribution in [0.3, 0.4) is 0 Å². The average Bonchev–Trinajstić information content (AvgIpc) is 3.03. The molecule has 1 aliphatic rings. The number of carbonyl (C=O) groups excluding carboxylic acids is 2. The van der Waals surface area contributed by atoms with Crippen molar-refractivity contribution in [1.29, 1.82) is 0 Å². The molecule has 1 saturated heterocycles. The third-order valence-corrected chi connectivity index (χ3v) is 4.12. The molecule has 0 bridgehead atoms. The second-order valence-electron chi connectivity index (χ2n) is 7.38. The summed E-state index contributed by atoms with van der Waals surface area (Å²) >= 11 is 0. The van der Waals surface area contributed by atoms with Gasteiger partial charge in [-0.2, -0.15) is 0 Å². The Bertz CT molecular complexity index is 502. The van der Waals surface area contributed by atoms with Crippen molar-refractivity contribution in [2.75, 3.05) is 39.8 Å². The Balaban J connectivity index is 2.40. The molecule has 0 radical (unpaired) electrons. The lowest BCUT2D eigenvalue weighted by Crippen LogP contribution is -2.47.